The van der Waals surface area contributed by atoms with Crippen molar-refractivity contribution < 1.29 is 9.84 Å². The largest absolute Gasteiger partial charge is 0.491 e. The van der Waals surface area contributed by atoms with Crippen LogP contribution < -0.4 is 4.74 Å². The smallest absolute Gasteiger partial charge is 0.119 e. The number of aliphatic hydroxyl groups is 1. The van der Waals surface area contributed by atoms with Crippen LogP contribution in [-0.4, -0.2) is 27.4 Å². The quantitative estimate of drug-likeness (QED) is 0.503. The van der Waals surface area contributed by atoms with E-state index in [0.29, 0.717) is 6.54 Å². The zero-order valence-corrected chi connectivity index (χ0v) is 15.7. The maximum Gasteiger partial charge on any atom is 0.119 e. The molecule has 4 rings (SSSR count). The summed E-state index contributed by atoms with van der Waals surface area (Å²) >= 11 is 0. The van der Waals surface area contributed by atoms with E-state index in [1.807, 2.05) is 54.6 Å². The molecule has 0 aliphatic rings. The van der Waals surface area contributed by atoms with E-state index < -0.39 is 6.10 Å². The molecule has 4 nitrogen and oxygen atoms in total. The lowest BCUT2D eigenvalue weighted by atomic mass is 10.1. The van der Waals surface area contributed by atoms with Gasteiger partial charge in [-0.2, -0.15) is 0 Å². The summed E-state index contributed by atoms with van der Waals surface area (Å²) in [6.45, 7) is 0.701. The van der Waals surface area contributed by atoms with Crippen molar-refractivity contribution in [1.82, 2.24) is 9.55 Å². The molecular weight excluding hydrogens is 348 g/mol. The highest BCUT2D eigenvalue weighted by molar-refractivity contribution is 5.75. The number of para-hydroxylation sites is 3. The Hall–Kier alpha value is -3.11. The van der Waals surface area contributed by atoms with Crippen molar-refractivity contribution in [2.75, 3.05) is 6.61 Å². The number of aryl methyl sites for hydroxylation is 2. The molecule has 0 spiro atoms. The second kappa shape index (κ2) is 8.72. The first-order chi connectivity index (χ1) is 13.8. The number of benzene rings is 3. The van der Waals surface area contributed by atoms with Gasteiger partial charge in [-0.05, 0) is 36.2 Å². The molecule has 1 unspecified atom stereocenters. The molecule has 1 heterocycles. The van der Waals surface area contributed by atoms with Crippen LogP contribution in [0.5, 0.6) is 5.75 Å². The van der Waals surface area contributed by atoms with E-state index in [1.54, 1.807) is 0 Å². The second-order valence-electron chi connectivity index (χ2n) is 6.89. The molecule has 4 heteroatoms. The molecule has 1 aromatic heterocycles. The number of nitrogens with zero attached hydrogens (tertiary/aromatic N) is 2. The summed E-state index contributed by atoms with van der Waals surface area (Å²) in [6.07, 6.45) is 1.12. The van der Waals surface area contributed by atoms with Gasteiger partial charge in [-0.25, -0.2) is 4.98 Å². The fraction of sp³-hybridized carbons (Fsp3) is 0.208. The Kier molecular flexibility index (Phi) is 5.69. The summed E-state index contributed by atoms with van der Waals surface area (Å²) < 4.78 is 7.84. The topological polar surface area (TPSA) is 47.3 Å². The molecule has 0 aliphatic heterocycles. The molecule has 0 radical (unpaired) electrons. The molecule has 0 saturated carbocycles. The van der Waals surface area contributed by atoms with Crippen LogP contribution in [0.4, 0.5) is 0 Å². The van der Waals surface area contributed by atoms with Crippen LogP contribution in [0.25, 0.3) is 11.0 Å². The lowest BCUT2D eigenvalue weighted by molar-refractivity contribution is 0.0927. The summed E-state index contributed by atoms with van der Waals surface area (Å²) in [7, 11) is 0. The average molecular weight is 372 g/mol. The van der Waals surface area contributed by atoms with Gasteiger partial charge in [0.2, 0.25) is 0 Å². The van der Waals surface area contributed by atoms with E-state index in [0.717, 1.165) is 35.4 Å². The molecule has 0 amide bonds. The Morgan fingerprint density at radius 2 is 1.50 bits per heavy atom. The number of hydrogen-bond acceptors (Lipinski definition) is 3. The van der Waals surface area contributed by atoms with E-state index in [4.69, 9.17) is 9.72 Å². The van der Waals surface area contributed by atoms with Gasteiger partial charge in [0.1, 0.15) is 24.3 Å². The van der Waals surface area contributed by atoms with E-state index in [1.165, 1.54) is 5.56 Å². The maximum atomic E-state index is 10.6. The van der Waals surface area contributed by atoms with Crippen LogP contribution in [0.1, 0.15) is 11.4 Å². The van der Waals surface area contributed by atoms with Gasteiger partial charge in [0, 0.05) is 6.42 Å². The number of aromatic nitrogens is 2. The van der Waals surface area contributed by atoms with Crippen LogP contribution in [0.3, 0.4) is 0 Å². The molecule has 1 N–H and O–H groups in total. The predicted octanol–water partition coefficient (Wildman–Crippen LogP) is 4.26. The van der Waals surface area contributed by atoms with Gasteiger partial charge >= 0.3 is 0 Å². The third kappa shape index (κ3) is 4.41. The first-order valence-corrected chi connectivity index (χ1v) is 9.63. The first kappa shape index (κ1) is 18.3. The normalized spacial score (nSPS) is 12.2. The minimum absolute atomic E-state index is 0.245. The zero-order chi connectivity index (χ0) is 19.2. The third-order valence-electron chi connectivity index (χ3n) is 4.79. The lowest BCUT2D eigenvalue weighted by Crippen LogP contribution is -2.24. The summed E-state index contributed by atoms with van der Waals surface area (Å²) in [6, 6.07) is 28.1. The predicted molar refractivity (Wildman–Crippen MR) is 112 cm³/mol. The van der Waals surface area contributed by atoms with E-state index in [9.17, 15) is 5.11 Å². The fourth-order valence-electron chi connectivity index (χ4n) is 3.39. The van der Waals surface area contributed by atoms with Crippen molar-refractivity contribution in [2.24, 2.45) is 0 Å². The van der Waals surface area contributed by atoms with Crippen molar-refractivity contribution in [2.45, 2.75) is 25.5 Å². The van der Waals surface area contributed by atoms with E-state index >= 15 is 0 Å². The highest BCUT2D eigenvalue weighted by Gasteiger charge is 2.15. The SMILES string of the molecule is OC(COc1ccccc1)Cn1c(CCc2ccccc2)nc2ccccc21. The summed E-state index contributed by atoms with van der Waals surface area (Å²) in [5, 5.41) is 10.6. The number of aliphatic hydroxyl groups excluding tert-OH is 1. The van der Waals surface area contributed by atoms with Crippen molar-refractivity contribution >= 4 is 11.0 Å². The standard InChI is InChI=1S/C24H24N2O2/c27-20(18-28-21-11-5-2-6-12-21)17-26-23-14-8-7-13-22(23)25-24(26)16-15-19-9-3-1-4-10-19/h1-14,20,27H,15-18H2. The number of ether oxygens (including phenoxy) is 1. The molecule has 0 fully saturated rings. The van der Waals surface area contributed by atoms with Crippen LogP contribution in [0.2, 0.25) is 0 Å². The van der Waals surface area contributed by atoms with Crippen molar-refractivity contribution in [3.8, 4) is 5.75 Å². The Morgan fingerprint density at radius 1 is 0.821 bits per heavy atom. The number of rotatable bonds is 8. The molecule has 28 heavy (non-hydrogen) atoms. The van der Waals surface area contributed by atoms with Gasteiger partial charge in [-0.3, -0.25) is 0 Å². The van der Waals surface area contributed by atoms with Gasteiger partial charge in [0.15, 0.2) is 0 Å². The fourth-order valence-corrected chi connectivity index (χ4v) is 3.39. The van der Waals surface area contributed by atoms with Crippen molar-refractivity contribution in [3.05, 3.63) is 96.3 Å². The number of hydrogen-bond donors (Lipinski definition) is 1. The Morgan fingerprint density at radius 3 is 2.29 bits per heavy atom. The van der Waals surface area contributed by atoms with Crippen LogP contribution >= 0.6 is 0 Å². The number of fused-ring (bicyclic) bond motifs is 1. The van der Waals surface area contributed by atoms with Crippen LogP contribution in [0.15, 0.2) is 84.9 Å². The molecule has 0 saturated heterocycles. The van der Waals surface area contributed by atoms with Gasteiger partial charge in [0.25, 0.3) is 0 Å². The van der Waals surface area contributed by atoms with Gasteiger partial charge in [0.05, 0.1) is 17.6 Å². The summed E-state index contributed by atoms with van der Waals surface area (Å²) in [5.41, 5.74) is 3.29. The maximum absolute atomic E-state index is 10.6. The Labute approximate surface area is 165 Å². The van der Waals surface area contributed by atoms with Gasteiger partial charge in [-0.1, -0.05) is 60.7 Å². The minimum Gasteiger partial charge on any atom is -0.491 e. The molecule has 4 aromatic rings. The van der Waals surface area contributed by atoms with Crippen molar-refractivity contribution in [1.29, 1.82) is 0 Å². The minimum atomic E-state index is -0.617. The highest BCUT2D eigenvalue weighted by atomic mass is 16.5. The van der Waals surface area contributed by atoms with Gasteiger partial charge < -0.3 is 14.4 Å². The third-order valence-corrected chi connectivity index (χ3v) is 4.79. The Balaban J connectivity index is 1.49. The van der Waals surface area contributed by atoms with Gasteiger partial charge in [-0.15, -0.1) is 0 Å². The zero-order valence-electron chi connectivity index (χ0n) is 15.7. The van der Waals surface area contributed by atoms with E-state index in [-0.39, 0.29) is 6.61 Å². The molecule has 0 bridgehead atoms. The highest BCUT2D eigenvalue weighted by Crippen LogP contribution is 2.19. The average Bonchev–Trinajstić information content (AvgIpc) is 3.10. The second-order valence-corrected chi connectivity index (χ2v) is 6.89. The summed E-state index contributed by atoms with van der Waals surface area (Å²) in [4.78, 5) is 4.81. The molecular formula is C24H24N2O2. The Bertz CT molecular complexity index is 1010. The summed E-state index contributed by atoms with van der Waals surface area (Å²) in [5.74, 6) is 1.75. The monoisotopic (exact) mass is 372 g/mol. The van der Waals surface area contributed by atoms with Crippen LogP contribution in [0, 0.1) is 0 Å². The number of imidazole rings is 1. The molecule has 0 aliphatic carbocycles. The molecule has 1 atom stereocenters. The first-order valence-electron chi connectivity index (χ1n) is 9.63. The van der Waals surface area contributed by atoms with Crippen molar-refractivity contribution in [3.63, 3.8) is 0 Å². The molecule has 142 valence electrons. The van der Waals surface area contributed by atoms with Crippen LogP contribution in [-0.2, 0) is 19.4 Å². The molecule has 3 aromatic carbocycles. The van der Waals surface area contributed by atoms with E-state index in [2.05, 4.69) is 34.9 Å². The lowest BCUT2D eigenvalue weighted by Gasteiger charge is -2.16.